The third-order valence-corrected chi connectivity index (χ3v) is 2.15. The smallest absolute Gasteiger partial charge is 0.332 e. The van der Waals surface area contributed by atoms with Crippen molar-refractivity contribution < 1.29 is 23.2 Å². The molecule has 0 bridgehead atoms. The van der Waals surface area contributed by atoms with Crippen molar-refractivity contribution in [2.75, 3.05) is 7.11 Å². The first kappa shape index (κ1) is 13.7. The molecule has 0 amide bonds. The van der Waals surface area contributed by atoms with Gasteiger partial charge >= 0.3 is 11.7 Å². The summed E-state index contributed by atoms with van der Waals surface area (Å²) in [5.74, 6) is -0.846. The highest BCUT2D eigenvalue weighted by atomic mass is 19.3. The maximum atomic E-state index is 12.7. The van der Waals surface area contributed by atoms with Gasteiger partial charge in [0.25, 0.3) is 11.9 Å². The Labute approximate surface area is 98.5 Å². The SMILES string of the molecule is COC(=O)Cc1[nH]cc([N+](=O)[O-])c(=O)c1C(F)F. The maximum absolute atomic E-state index is 12.7. The summed E-state index contributed by atoms with van der Waals surface area (Å²) in [4.78, 5) is 33.9. The van der Waals surface area contributed by atoms with Crippen LogP contribution in [0.1, 0.15) is 17.7 Å². The van der Waals surface area contributed by atoms with E-state index >= 15 is 0 Å². The molecule has 0 atom stereocenters. The van der Waals surface area contributed by atoms with E-state index in [1.54, 1.807) is 0 Å². The van der Waals surface area contributed by atoms with Crippen LogP contribution < -0.4 is 5.43 Å². The lowest BCUT2D eigenvalue weighted by molar-refractivity contribution is -0.386. The molecule has 9 heteroatoms. The quantitative estimate of drug-likeness (QED) is 0.494. The zero-order chi connectivity index (χ0) is 13.9. The zero-order valence-corrected chi connectivity index (χ0v) is 9.11. The number of aromatic amines is 1. The molecule has 0 aliphatic rings. The minimum Gasteiger partial charge on any atom is -0.469 e. The number of alkyl halides is 2. The normalized spacial score (nSPS) is 10.4. The number of pyridine rings is 1. The predicted molar refractivity (Wildman–Crippen MR) is 54.4 cm³/mol. The van der Waals surface area contributed by atoms with Crippen LogP contribution in [0.15, 0.2) is 11.0 Å². The van der Waals surface area contributed by atoms with Crippen molar-refractivity contribution in [1.29, 1.82) is 0 Å². The summed E-state index contributed by atoms with van der Waals surface area (Å²) in [5, 5.41) is 10.4. The number of hydrogen-bond donors (Lipinski definition) is 1. The molecular formula is C9H8F2N2O5. The number of halogens is 2. The summed E-state index contributed by atoms with van der Waals surface area (Å²) in [6.45, 7) is 0. The van der Waals surface area contributed by atoms with Crippen LogP contribution in [-0.2, 0) is 16.0 Å². The Balaban J connectivity index is 3.37. The third kappa shape index (κ3) is 2.67. The van der Waals surface area contributed by atoms with Gasteiger partial charge in [0.15, 0.2) is 0 Å². The van der Waals surface area contributed by atoms with E-state index in [0.29, 0.717) is 6.20 Å². The third-order valence-electron chi connectivity index (χ3n) is 2.15. The number of ether oxygens (including phenoxy) is 1. The van der Waals surface area contributed by atoms with Crippen molar-refractivity contribution in [3.63, 3.8) is 0 Å². The van der Waals surface area contributed by atoms with Crippen LogP contribution in [0.5, 0.6) is 0 Å². The summed E-state index contributed by atoms with van der Waals surface area (Å²) >= 11 is 0. The summed E-state index contributed by atoms with van der Waals surface area (Å²) < 4.78 is 29.6. The fourth-order valence-electron chi connectivity index (χ4n) is 1.30. The zero-order valence-electron chi connectivity index (χ0n) is 9.11. The Bertz CT molecular complexity index is 540. The van der Waals surface area contributed by atoms with E-state index in [-0.39, 0.29) is 0 Å². The fourth-order valence-corrected chi connectivity index (χ4v) is 1.30. The first-order valence-corrected chi connectivity index (χ1v) is 4.62. The molecule has 1 aromatic heterocycles. The second kappa shape index (κ2) is 5.34. The first-order chi connectivity index (χ1) is 8.38. The molecule has 98 valence electrons. The van der Waals surface area contributed by atoms with Crippen molar-refractivity contribution in [1.82, 2.24) is 4.98 Å². The lowest BCUT2D eigenvalue weighted by Gasteiger charge is -2.06. The standard InChI is InChI=1S/C9H8F2N2O5/c1-18-6(14)2-4-7(9(10)11)8(15)5(3-12-4)13(16)17/h3,9H,2H2,1H3,(H,12,15). The van der Waals surface area contributed by atoms with Gasteiger partial charge in [0.2, 0.25) is 0 Å². The molecule has 1 heterocycles. The highest BCUT2D eigenvalue weighted by Gasteiger charge is 2.26. The lowest BCUT2D eigenvalue weighted by Crippen LogP contribution is -2.20. The summed E-state index contributed by atoms with van der Waals surface area (Å²) in [6.07, 6.45) is -3.15. The molecule has 1 aromatic rings. The number of hydrogen-bond acceptors (Lipinski definition) is 5. The highest BCUT2D eigenvalue weighted by molar-refractivity contribution is 5.72. The highest BCUT2D eigenvalue weighted by Crippen LogP contribution is 2.20. The monoisotopic (exact) mass is 262 g/mol. The number of nitrogens with one attached hydrogen (secondary N) is 1. The van der Waals surface area contributed by atoms with Crippen molar-refractivity contribution in [3.05, 3.63) is 37.8 Å². The van der Waals surface area contributed by atoms with Crippen LogP contribution in [0, 0.1) is 10.1 Å². The van der Waals surface area contributed by atoms with Gasteiger partial charge in [-0.15, -0.1) is 0 Å². The van der Waals surface area contributed by atoms with Gasteiger partial charge in [-0.1, -0.05) is 0 Å². The van der Waals surface area contributed by atoms with E-state index in [9.17, 15) is 28.5 Å². The number of H-pyrrole nitrogens is 1. The molecule has 0 aliphatic carbocycles. The molecule has 0 radical (unpaired) electrons. The van der Waals surface area contributed by atoms with Crippen molar-refractivity contribution in [2.24, 2.45) is 0 Å². The van der Waals surface area contributed by atoms with E-state index in [0.717, 1.165) is 7.11 Å². The van der Waals surface area contributed by atoms with Gasteiger partial charge in [0.1, 0.15) is 0 Å². The van der Waals surface area contributed by atoms with Crippen LogP contribution in [-0.4, -0.2) is 23.0 Å². The first-order valence-electron chi connectivity index (χ1n) is 4.62. The van der Waals surface area contributed by atoms with Crippen LogP contribution in [0.25, 0.3) is 0 Å². The molecule has 1 N–H and O–H groups in total. The Morgan fingerprint density at radius 3 is 2.67 bits per heavy atom. The van der Waals surface area contributed by atoms with E-state index in [1.807, 2.05) is 0 Å². The number of rotatable bonds is 4. The minimum atomic E-state index is -3.23. The molecule has 0 saturated heterocycles. The summed E-state index contributed by atoms with van der Waals surface area (Å²) in [5.41, 5.74) is -3.89. The van der Waals surface area contributed by atoms with Crippen LogP contribution in [0.2, 0.25) is 0 Å². The largest absolute Gasteiger partial charge is 0.469 e. The minimum absolute atomic E-state index is 0.396. The van der Waals surface area contributed by atoms with E-state index < -0.39 is 46.1 Å². The number of carbonyl (C=O) groups is 1. The molecule has 18 heavy (non-hydrogen) atoms. The van der Waals surface area contributed by atoms with Gasteiger partial charge < -0.3 is 9.72 Å². The Morgan fingerprint density at radius 1 is 1.61 bits per heavy atom. The van der Waals surface area contributed by atoms with E-state index in [1.165, 1.54) is 0 Å². The van der Waals surface area contributed by atoms with E-state index in [4.69, 9.17) is 0 Å². The van der Waals surface area contributed by atoms with Gasteiger partial charge in [-0.25, -0.2) is 8.78 Å². The molecular weight excluding hydrogens is 254 g/mol. The molecule has 0 fully saturated rings. The average molecular weight is 262 g/mol. The number of carbonyl (C=O) groups excluding carboxylic acids is 1. The molecule has 0 spiro atoms. The topological polar surface area (TPSA) is 102 Å². The number of esters is 1. The van der Waals surface area contributed by atoms with Gasteiger partial charge in [0.05, 0.1) is 30.2 Å². The van der Waals surface area contributed by atoms with Gasteiger partial charge in [0, 0.05) is 5.69 Å². The van der Waals surface area contributed by atoms with Gasteiger partial charge in [-0.2, -0.15) is 0 Å². The molecule has 1 rings (SSSR count). The summed E-state index contributed by atoms with van der Waals surface area (Å²) in [7, 11) is 1.05. The molecule has 7 nitrogen and oxygen atoms in total. The molecule has 0 unspecified atom stereocenters. The fraction of sp³-hybridized carbons (Fsp3) is 0.333. The van der Waals surface area contributed by atoms with Crippen LogP contribution in [0.3, 0.4) is 0 Å². The maximum Gasteiger partial charge on any atom is 0.332 e. The lowest BCUT2D eigenvalue weighted by atomic mass is 10.1. The number of nitrogens with zero attached hydrogens (tertiary/aromatic N) is 1. The number of methoxy groups -OCH3 is 1. The van der Waals surface area contributed by atoms with Crippen LogP contribution >= 0.6 is 0 Å². The molecule has 0 aromatic carbocycles. The van der Waals surface area contributed by atoms with Gasteiger partial charge in [-0.3, -0.25) is 19.7 Å². The average Bonchev–Trinajstić information content (AvgIpc) is 2.27. The second-order valence-corrected chi connectivity index (χ2v) is 3.21. The van der Waals surface area contributed by atoms with Crippen molar-refractivity contribution in [2.45, 2.75) is 12.8 Å². The van der Waals surface area contributed by atoms with E-state index in [2.05, 4.69) is 9.72 Å². The Morgan fingerprint density at radius 2 is 2.22 bits per heavy atom. The Kier molecular flexibility index (Phi) is 4.08. The Hall–Kier alpha value is -2.32. The predicted octanol–water partition coefficient (Wildman–Crippen LogP) is 0.936. The summed E-state index contributed by atoms with van der Waals surface area (Å²) in [6, 6.07) is 0. The molecule has 0 aliphatic heterocycles. The number of aromatic nitrogens is 1. The van der Waals surface area contributed by atoms with Crippen molar-refractivity contribution in [3.8, 4) is 0 Å². The number of nitro groups is 1. The van der Waals surface area contributed by atoms with Crippen LogP contribution in [0.4, 0.5) is 14.5 Å². The molecule has 0 saturated carbocycles. The van der Waals surface area contributed by atoms with Gasteiger partial charge in [-0.05, 0) is 0 Å². The van der Waals surface area contributed by atoms with Crippen molar-refractivity contribution >= 4 is 11.7 Å². The second-order valence-electron chi connectivity index (χ2n) is 3.21.